The van der Waals surface area contributed by atoms with Crippen molar-refractivity contribution in [2.45, 2.75) is 39.9 Å². The summed E-state index contributed by atoms with van der Waals surface area (Å²) in [6, 6.07) is 0. The lowest BCUT2D eigenvalue weighted by molar-refractivity contribution is 0.543. The number of aryl methyl sites for hydroxylation is 1. The molecule has 0 amide bonds. The maximum atomic E-state index is 4.35. The molecule has 0 aliphatic carbocycles. The summed E-state index contributed by atoms with van der Waals surface area (Å²) in [5.41, 5.74) is 0. The zero-order valence-electron chi connectivity index (χ0n) is 11.0. The van der Waals surface area contributed by atoms with Crippen molar-refractivity contribution in [2.24, 2.45) is 0 Å². The normalized spacial score (nSPS) is 11.0. The van der Waals surface area contributed by atoms with Crippen LogP contribution >= 0.6 is 0 Å². The molecule has 0 aliphatic heterocycles. The highest BCUT2D eigenvalue weighted by atomic mass is 15.3. The Balaban J connectivity index is 2.08. The second-order valence-electron chi connectivity index (χ2n) is 4.15. The number of imidazole rings is 1. The summed E-state index contributed by atoms with van der Waals surface area (Å²) in [6.07, 6.45) is 6.49. The van der Waals surface area contributed by atoms with Crippen molar-refractivity contribution < 1.29 is 0 Å². The number of rotatable bonds is 7. The first-order valence-corrected chi connectivity index (χ1v) is 6.42. The maximum Gasteiger partial charge on any atom is 0.146 e. The Labute approximate surface area is 107 Å². The van der Waals surface area contributed by atoms with E-state index in [4.69, 9.17) is 0 Å². The van der Waals surface area contributed by atoms with Crippen molar-refractivity contribution in [3.63, 3.8) is 0 Å². The van der Waals surface area contributed by atoms with Gasteiger partial charge in [-0.25, -0.2) is 14.6 Å². The lowest BCUT2D eigenvalue weighted by Crippen LogP contribution is -2.18. The molecule has 1 N–H and O–H groups in total. The third-order valence-corrected chi connectivity index (χ3v) is 2.78. The summed E-state index contributed by atoms with van der Waals surface area (Å²) in [5.74, 6) is 2.01. The molecule has 0 atom stereocenters. The fourth-order valence-electron chi connectivity index (χ4n) is 1.85. The summed E-state index contributed by atoms with van der Waals surface area (Å²) >= 11 is 0. The molecule has 0 unspecified atom stereocenters. The smallest absolute Gasteiger partial charge is 0.146 e. The molecule has 2 heterocycles. The van der Waals surface area contributed by atoms with Crippen molar-refractivity contribution in [1.82, 2.24) is 29.6 Å². The van der Waals surface area contributed by atoms with Crippen molar-refractivity contribution in [3.8, 4) is 0 Å². The van der Waals surface area contributed by atoms with Crippen LogP contribution in [0.4, 0.5) is 0 Å². The number of nitrogens with one attached hydrogen (secondary N) is 1. The molecular formula is C12H20N6. The van der Waals surface area contributed by atoms with Crippen LogP contribution in [0, 0.1) is 0 Å². The minimum atomic E-state index is 0.723. The van der Waals surface area contributed by atoms with Gasteiger partial charge in [0.2, 0.25) is 0 Å². The van der Waals surface area contributed by atoms with E-state index in [1.54, 1.807) is 6.33 Å². The molecule has 0 bridgehead atoms. The van der Waals surface area contributed by atoms with Crippen LogP contribution in [0.3, 0.4) is 0 Å². The lowest BCUT2D eigenvalue weighted by atomic mass is 10.4. The summed E-state index contributed by atoms with van der Waals surface area (Å²) in [7, 11) is 0. The summed E-state index contributed by atoms with van der Waals surface area (Å²) in [4.78, 5) is 8.67. The van der Waals surface area contributed by atoms with Gasteiger partial charge in [0.15, 0.2) is 0 Å². The van der Waals surface area contributed by atoms with Crippen LogP contribution in [-0.4, -0.2) is 30.9 Å². The van der Waals surface area contributed by atoms with Gasteiger partial charge in [0.05, 0.1) is 13.1 Å². The predicted octanol–water partition coefficient (Wildman–Crippen LogP) is 1.04. The Hall–Kier alpha value is -1.69. The average Bonchev–Trinajstić information content (AvgIpc) is 2.98. The van der Waals surface area contributed by atoms with Gasteiger partial charge in [-0.1, -0.05) is 13.8 Å². The van der Waals surface area contributed by atoms with E-state index in [0.717, 1.165) is 44.2 Å². The highest BCUT2D eigenvalue weighted by molar-refractivity contribution is 4.97. The molecule has 2 rings (SSSR count). The summed E-state index contributed by atoms with van der Waals surface area (Å²) in [6.45, 7) is 7.59. The molecule has 0 aromatic carbocycles. The minimum absolute atomic E-state index is 0.723. The van der Waals surface area contributed by atoms with Crippen LogP contribution in [0.15, 0.2) is 18.7 Å². The molecule has 2 aromatic heterocycles. The number of aromatic nitrogens is 5. The Bertz CT molecular complexity index is 472. The van der Waals surface area contributed by atoms with Crippen LogP contribution in [0.25, 0.3) is 0 Å². The number of hydrogen-bond acceptors (Lipinski definition) is 4. The standard InChI is InChI=1S/C12H20N6/c1-3-6-18-12(15-10-16-18)9-17-7-5-14-11(17)8-13-4-2/h5,7,10,13H,3-4,6,8-9H2,1-2H3. The van der Waals surface area contributed by atoms with Gasteiger partial charge in [-0.3, -0.25) is 0 Å². The first kappa shape index (κ1) is 12.8. The summed E-state index contributed by atoms with van der Waals surface area (Å²) < 4.78 is 4.07. The zero-order valence-corrected chi connectivity index (χ0v) is 11.0. The Morgan fingerprint density at radius 1 is 1.22 bits per heavy atom. The van der Waals surface area contributed by atoms with E-state index >= 15 is 0 Å². The van der Waals surface area contributed by atoms with Crippen LogP contribution < -0.4 is 5.32 Å². The van der Waals surface area contributed by atoms with Crippen LogP contribution in [-0.2, 0) is 19.6 Å². The highest BCUT2D eigenvalue weighted by Crippen LogP contribution is 2.04. The van der Waals surface area contributed by atoms with Crippen molar-refractivity contribution in [3.05, 3.63) is 30.4 Å². The molecule has 2 aromatic rings. The second kappa shape index (κ2) is 6.30. The molecule has 0 spiro atoms. The Kier molecular flexibility index (Phi) is 4.46. The molecular weight excluding hydrogens is 228 g/mol. The van der Waals surface area contributed by atoms with Gasteiger partial charge in [0, 0.05) is 18.9 Å². The third-order valence-electron chi connectivity index (χ3n) is 2.78. The van der Waals surface area contributed by atoms with E-state index in [9.17, 15) is 0 Å². The van der Waals surface area contributed by atoms with Crippen molar-refractivity contribution in [1.29, 1.82) is 0 Å². The lowest BCUT2D eigenvalue weighted by Gasteiger charge is -2.09. The molecule has 6 nitrogen and oxygen atoms in total. The third kappa shape index (κ3) is 2.95. The molecule has 0 radical (unpaired) electrons. The van der Waals surface area contributed by atoms with E-state index in [0.29, 0.717) is 0 Å². The van der Waals surface area contributed by atoms with Crippen molar-refractivity contribution in [2.75, 3.05) is 6.54 Å². The fourth-order valence-corrected chi connectivity index (χ4v) is 1.85. The molecule has 0 aliphatic rings. The first-order chi connectivity index (χ1) is 8.85. The number of hydrogen-bond donors (Lipinski definition) is 1. The van der Waals surface area contributed by atoms with E-state index in [2.05, 4.69) is 38.8 Å². The molecule has 0 saturated heterocycles. The molecule has 0 saturated carbocycles. The molecule has 18 heavy (non-hydrogen) atoms. The zero-order chi connectivity index (χ0) is 12.8. The van der Waals surface area contributed by atoms with Gasteiger partial charge >= 0.3 is 0 Å². The summed E-state index contributed by atoms with van der Waals surface area (Å²) in [5, 5.41) is 7.52. The maximum absolute atomic E-state index is 4.35. The largest absolute Gasteiger partial charge is 0.326 e. The topological polar surface area (TPSA) is 60.6 Å². The highest BCUT2D eigenvalue weighted by Gasteiger charge is 2.07. The van der Waals surface area contributed by atoms with E-state index < -0.39 is 0 Å². The van der Waals surface area contributed by atoms with Gasteiger partial charge in [-0.2, -0.15) is 5.10 Å². The molecule has 98 valence electrons. The van der Waals surface area contributed by atoms with Gasteiger partial charge in [-0.05, 0) is 13.0 Å². The Morgan fingerprint density at radius 2 is 2.11 bits per heavy atom. The average molecular weight is 248 g/mol. The van der Waals surface area contributed by atoms with Crippen LogP contribution in [0.2, 0.25) is 0 Å². The van der Waals surface area contributed by atoms with E-state index in [1.807, 2.05) is 17.1 Å². The van der Waals surface area contributed by atoms with Gasteiger partial charge in [-0.15, -0.1) is 0 Å². The quantitative estimate of drug-likeness (QED) is 0.795. The first-order valence-electron chi connectivity index (χ1n) is 6.42. The second-order valence-corrected chi connectivity index (χ2v) is 4.15. The van der Waals surface area contributed by atoms with Crippen LogP contribution in [0.1, 0.15) is 31.9 Å². The fraction of sp³-hybridized carbons (Fsp3) is 0.583. The Morgan fingerprint density at radius 3 is 2.89 bits per heavy atom. The molecule has 0 fully saturated rings. The SMILES string of the molecule is CCCn1ncnc1Cn1ccnc1CNCC. The van der Waals surface area contributed by atoms with Crippen LogP contribution in [0.5, 0.6) is 0 Å². The number of nitrogens with zero attached hydrogens (tertiary/aromatic N) is 5. The predicted molar refractivity (Wildman–Crippen MR) is 69.0 cm³/mol. The molecule has 6 heteroatoms. The monoisotopic (exact) mass is 248 g/mol. The van der Waals surface area contributed by atoms with E-state index in [-0.39, 0.29) is 0 Å². The van der Waals surface area contributed by atoms with Crippen molar-refractivity contribution >= 4 is 0 Å². The van der Waals surface area contributed by atoms with E-state index in [1.165, 1.54) is 0 Å². The minimum Gasteiger partial charge on any atom is -0.326 e. The van der Waals surface area contributed by atoms with Gasteiger partial charge in [0.1, 0.15) is 18.0 Å². The van der Waals surface area contributed by atoms with Gasteiger partial charge < -0.3 is 9.88 Å². The van der Waals surface area contributed by atoms with Gasteiger partial charge in [0.25, 0.3) is 0 Å².